The Morgan fingerprint density at radius 1 is 1.25 bits per heavy atom. The van der Waals surface area contributed by atoms with E-state index in [9.17, 15) is 10.2 Å². The number of aliphatic hydroxyl groups is 1. The van der Waals surface area contributed by atoms with Crippen LogP contribution in [0.15, 0.2) is 28.4 Å². The average molecular weight is 224 g/mol. The number of nitrogens with zero attached hydrogens (tertiary/aromatic N) is 2. The van der Waals surface area contributed by atoms with Gasteiger partial charge in [0, 0.05) is 0 Å². The molecule has 0 aliphatic carbocycles. The van der Waals surface area contributed by atoms with Crippen LogP contribution in [0.2, 0.25) is 0 Å². The molecule has 0 fully saturated rings. The molecule has 7 nitrogen and oxygen atoms in total. The number of phenols is 2. The van der Waals surface area contributed by atoms with Crippen molar-refractivity contribution in [3.63, 3.8) is 0 Å². The summed E-state index contributed by atoms with van der Waals surface area (Å²) in [5, 5.41) is 34.5. The fraction of sp³-hybridized carbons (Fsp3) is 0.111. The molecule has 1 aromatic rings. The lowest BCUT2D eigenvalue weighted by Gasteiger charge is -2.05. The molecule has 1 rings (SSSR count). The molecule has 1 aromatic carbocycles. The number of aliphatic hydroxyl groups excluding tert-OH is 1. The van der Waals surface area contributed by atoms with E-state index in [1.54, 1.807) is 0 Å². The lowest BCUT2D eigenvalue weighted by Crippen LogP contribution is -2.21. The van der Waals surface area contributed by atoms with Gasteiger partial charge in [-0.1, -0.05) is 6.07 Å². The highest BCUT2D eigenvalue weighted by Gasteiger charge is 2.07. The molecular formula is C9H12N4O3. The van der Waals surface area contributed by atoms with Crippen molar-refractivity contribution in [3.8, 4) is 11.5 Å². The zero-order valence-corrected chi connectivity index (χ0v) is 8.28. The van der Waals surface area contributed by atoms with Gasteiger partial charge >= 0.3 is 0 Å². The van der Waals surface area contributed by atoms with Gasteiger partial charge in [0.25, 0.3) is 0 Å². The number of hydrogen-bond acceptors (Lipinski definition) is 5. The van der Waals surface area contributed by atoms with Gasteiger partial charge in [0.05, 0.1) is 6.21 Å². The maximum absolute atomic E-state index is 9.56. The summed E-state index contributed by atoms with van der Waals surface area (Å²) in [6.45, 7) is 0. The van der Waals surface area contributed by atoms with Crippen molar-refractivity contribution in [2.24, 2.45) is 21.7 Å². The van der Waals surface area contributed by atoms with E-state index < -0.39 is 6.10 Å². The van der Waals surface area contributed by atoms with E-state index in [4.69, 9.17) is 16.6 Å². The topological polar surface area (TPSA) is 137 Å². The van der Waals surface area contributed by atoms with Crippen molar-refractivity contribution in [1.29, 1.82) is 0 Å². The largest absolute Gasteiger partial charge is 0.504 e. The first-order chi connectivity index (χ1) is 7.50. The lowest BCUT2D eigenvalue weighted by molar-refractivity contribution is 0.251. The Morgan fingerprint density at radius 2 is 1.94 bits per heavy atom. The molecule has 0 spiro atoms. The quantitative estimate of drug-likeness (QED) is 0.202. The third kappa shape index (κ3) is 3.14. The monoisotopic (exact) mass is 224 g/mol. The van der Waals surface area contributed by atoms with Crippen molar-refractivity contribution in [2.45, 2.75) is 6.10 Å². The average Bonchev–Trinajstić information content (AvgIpc) is 2.21. The van der Waals surface area contributed by atoms with E-state index in [1.165, 1.54) is 18.2 Å². The Bertz CT molecular complexity index is 427. The third-order valence-corrected chi connectivity index (χ3v) is 1.72. The van der Waals surface area contributed by atoms with Crippen LogP contribution in [0.3, 0.4) is 0 Å². The van der Waals surface area contributed by atoms with Gasteiger partial charge < -0.3 is 26.8 Å². The summed E-state index contributed by atoms with van der Waals surface area (Å²) >= 11 is 0. The summed E-state index contributed by atoms with van der Waals surface area (Å²) in [5.74, 6) is -0.819. The zero-order chi connectivity index (χ0) is 12.1. The molecule has 1 unspecified atom stereocenters. The molecule has 7 N–H and O–H groups in total. The number of rotatable bonds is 3. The summed E-state index contributed by atoms with van der Waals surface area (Å²) < 4.78 is 0. The van der Waals surface area contributed by atoms with Crippen molar-refractivity contribution in [1.82, 2.24) is 0 Å². The van der Waals surface area contributed by atoms with Crippen molar-refractivity contribution >= 4 is 12.2 Å². The maximum atomic E-state index is 9.56. The zero-order valence-electron chi connectivity index (χ0n) is 8.28. The number of aromatic hydroxyl groups is 2. The molecular weight excluding hydrogens is 212 g/mol. The SMILES string of the molecule is NC(N)=N/N=C/C(O)c1ccc(O)c(O)c1. The summed E-state index contributed by atoms with van der Waals surface area (Å²) in [4.78, 5) is 0. The first kappa shape index (κ1) is 11.8. The molecule has 0 aliphatic rings. The van der Waals surface area contributed by atoms with E-state index in [2.05, 4.69) is 10.2 Å². The Labute approximate surface area is 91.3 Å². The van der Waals surface area contributed by atoms with Crippen LogP contribution in [0.1, 0.15) is 11.7 Å². The standard InChI is InChI=1S/C9H12N4O3/c10-9(11)13-12-4-8(16)5-1-2-6(14)7(15)3-5/h1-4,8,14-16H,(H4,10,11,13)/b12-4+. The van der Waals surface area contributed by atoms with Crippen LogP contribution in [-0.2, 0) is 0 Å². The minimum Gasteiger partial charge on any atom is -0.504 e. The van der Waals surface area contributed by atoms with Crippen LogP contribution in [0.25, 0.3) is 0 Å². The van der Waals surface area contributed by atoms with Crippen molar-refractivity contribution in [2.75, 3.05) is 0 Å². The van der Waals surface area contributed by atoms with Gasteiger partial charge in [0.15, 0.2) is 11.5 Å². The second-order valence-electron chi connectivity index (χ2n) is 2.98. The minimum absolute atomic E-state index is 0.225. The number of guanidine groups is 1. The van der Waals surface area contributed by atoms with Gasteiger partial charge in [-0.3, -0.25) is 0 Å². The fourth-order valence-electron chi connectivity index (χ4n) is 0.974. The van der Waals surface area contributed by atoms with E-state index in [0.717, 1.165) is 6.21 Å². The molecule has 86 valence electrons. The molecule has 1 atom stereocenters. The normalized spacial score (nSPS) is 12.6. The molecule has 0 aliphatic heterocycles. The van der Waals surface area contributed by atoms with Gasteiger partial charge in [-0.25, -0.2) is 0 Å². The lowest BCUT2D eigenvalue weighted by atomic mass is 10.1. The third-order valence-electron chi connectivity index (χ3n) is 1.72. The predicted molar refractivity (Wildman–Crippen MR) is 59.0 cm³/mol. The van der Waals surface area contributed by atoms with E-state index in [1.807, 2.05) is 0 Å². The van der Waals surface area contributed by atoms with Crippen molar-refractivity contribution < 1.29 is 15.3 Å². The molecule has 0 saturated heterocycles. The highest BCUT2D eigenvalue weighted by molar-refractivity contribution is 5.76. The van der Waals surface area contributed by atoms with Crippen LogP contribution in [0.5, 0.6) is 11.5 Å². The number of nitrogens with two attached hydrogens (primary N) is 2. The molecule has 7 heteroatoms. The highest BCUT2D eigenvalue weighted by atomic mass is 16.3. The molecule has 0 amide bonds. The molecule has 0 saturated carbocycles. The predicted octanol–water partition coefficient (Wildman–Crippen LogP) is -0.610. The number of benzene rings is 1. The molecule has 0 bridgehead atoms. The Hall–Kier alpha value is -2.28. The minimum atomic E-state index is -1.07. The Balaban J connectivity index is 2.81. The Morgan fingerprint density at radius 3 is 2.50 bits per heavy atom. The second-order valence-corrected chi connectivity index (χ2v) is 2.98. The van der Waals surface area contributed by atoms with Crippen LogP contribution in [-0.4, -0.2) is 27.5 Å². The Kier molecular flexibility index (Phi) is 3.67. The van der Waals surface area contributed by atoms with Gasteiger partial charge in [-0.15, -0.1) is 5.10 Å². The van der Waals surface area contributed by atoms with Gasteiger partial charge in [0.1, 0.15) is 6.10 Å². The number of phenolic OH excluding ortho intramolecular Hbond substituents is 2. The second kappa shape index (κ2) is 4.99. The fourth-order valence-corrected chi connectivity index (χ4v) is 0.974. The van der Waals surface area contributed by atoms with E-state index in [0.29, 0.717) is 5.56 Å². The summed E-state index contributed by atoms with van der Waals surface area (Å²) in [6, 6.07) is 3.89. The maximum Gasteiger partial charge on any atom is 0.211 e. The van der Waals surface area contributed by atoms with Gasteiger partial charge in [-0.05, 0) is 17.7 Å². The highest BCUT2D eigenvalue weighted by Crippen LogP contribution is 2.27. The van der Waals surface area contributed by atoms with Crippen LogP contribution < -0.4 is 11.5 Å². The van der Waals surface area contributed by atoms with Crippen LogP contribution >= 0.6 is 0 Å². The van der Waals surface area contributed by atoms with E-state index >= 15 is 0 Å². The summed E-state index contributed by atoms with van der Waals surface area (Å²) in [7, 11) is 0. The van der Waals surface area contributed by atoms with Gasteiger partial charge in [-0.2, -0.15) is 5.10 Å². The van der Waals surface area contributed by atoms with Crippen LogP contribution in [0.4, 0.5) is 0 Å². The van der Waals surface area contributed by atoms with E-state index in [-0.39, 0.29) is 17.5 Å². The first-order valence-corrected chi connectivity index (χ1v) is 4.32. The molecule has 16 heavy (non-hydrogen) atoms. The molecule has 0 aromatic heterocycles. The van der Waals surface area contributed by atoms with Crippen LogP contribution in [0, 0.1) is 0 Å². The molecule has 0 heterocycles. The van der Waals surface area contributed by atoms with Gasteiger partial charge in [0.2, 0.25) is 5.96 Å². The van der Waals surface area contributed by atoms with Crippen molar-refractivity contribution in [3.05, 3.63) is 23.8 Å². The number of hydrogen-bond donors (Lipinski definition) is 5. The smallest absolute Gasteiger partial charge is 0.211 e. The molecule has 0 radical (unpaired) electrons. The summed E-state index contributed by atoms with van der Waals surface area (Å²) in [6.07, 6.45) is 0.0144. The first-order valence-electron chi connectivity index (χ1n) is 4.32. The summed E-state index contributed by atoms with van der Waals surface area (Å²) in [5.41, 5.74) is 10.4.